The van der Waals surface area contributed by atoms with Crippen molar-refractivity contribution in [2.45, 2.75) is 38.8 Å². The summed E-state index contributed by atoms with van der Waals surface area (Å²) < 4.78 is 0. The van der Waals surface area contributed by atoms with Crippen molar-refractivity contribution in [3.8, 4) is 0 Å². The standard InChI is InChI=1S/C19H23N/c1-3-15-13-18(15)20-19(16-10-5-4-6-11-16)17-12-8-7-9-14(17)2/h4-12,15,18-20H,3,13H2,1-2H3. The number of aryl methyl sites for hydroxylation is 1. The fourth-order valence-electron chi connectivity index (χ4n) is 3.04. The summed E-state index contributed by atoms with van der Waals surface area (Å²) in [5.74, 6) is 0.866. The van der Waals surface area contributed by atoms with Crippen LogP contribution in [0.15, 0.2) is 54.6 Å². The van der Waals surface area contributed by atoms with Crippen LogP contribution in [-0.2, 0) is 0 Å². The van der Waals surface area contributed by atoms with Crippen molar-refractivity contribution in [1.82, 2.24) is 5.32 Å². The van der Waals surface area contributed by atoms with Crippen LogP contribution in [0.25, 0.3) is 0 Å². The van der Waals surface area contributed by atoms with Crippen LogP contribution in [-0.4, -0.2) is 6.04 Å². The molecule has 0 saturated heterocycles. The van der Waals surface area contributed by atoms with Gasteiger partial charge in [-0.15, -0.1) is 0 Å². The Labute approximate surface area is 122 Å². The van der Waals surface area contributed by atoms with Crippen molar-refractivity contribution >= 4 is 0 Å². The highest BCUT2D eigenvalue weighted by Crippen LogP contribution is 2.37. The molecule has 1 aliphatic carbocycles. The molecule has 0 spiro atoms. The summed E-state index contributed by atoms with van der Waals surface area (Å²) >= 11 is 0. The molecule has 3 atom stereocenters. The molecular formula is C19H23N. The molecule has 104 valence electrons. The Kier molecular flexibility index (Phi) is 3.88. The number of benzene rings is 2. The first-order valence-electron chi connectivity index (χ1n) is 7.66. The zero-order valence-electron chi connectivity index (χ0n) is 12.3. The van der Waals surface area contributed by atoms with Crippen LogP contribution in [0.1, 0.15) is 42.5 Å². The van der Waals surface area contributed by atoms with Crippen molar-refractivity contribution < 1.29 is 0 Å². The second-order valence-electron chi connectivity index (χ2n) is 5.88. The quantitative estimate of drug-likeness (QED) is 0.841. The Bertz CT molecular complexity index is 561. The van der Waals surface area contributed by atoms with Gasteiger partial charge in [0, 0.05) is 6.04 Å². The molecule has 2 aromatic rings. The highest BCUT2D eigenvalue weighted by Gasteiger charge is 2.37. The van der Waals surface area contributed by atoms with Gasteiger partial charge in [0.2, 0.25) is 0 Å². The average molecular weight is 265 g/mol. The van der Waals surface area contributed by atoms with Crippen LogP contribution >= 0.6 is 0 Å². The Morgan fingerprint density at radius 2 is 1.75 bits per heavy atom. The van der Waals surface area contributed by atoms with Gasteiger partial charge in [0.15, 0.2) is 0 Å². The third kappa shape index (κ3) is 2.78. The van der Waals surface area contributed by atoms with E-state index >= 15 is 0 Å². The Balaban J connectivity index is 1.90. The molecule has 1 aliphatic rings. The molecule has 1 saturated carbocycles. The van der Waals surface area contributed by atoms with Gasteiger partial charge in [-0.25, -0.2) is 0 Å². The first-order valence-corrected chi connectivity index (χ1v) is 7.66. The maximum Gasteiger partial charge on any atom is 0.0581 e. The summed E-state index contributed by atoms with van der Waals surface area (Å²) in [5.41, 5.74) is 4.13. The van der Waals surface area contributed by atoms with Gasteiger partial charge in [-0.1, -0.05) is 67.9 Å². The molecular weight excluding hydrogens is 242 g/mol. The molecule has 3 rings (SSSR count). The van der Waals surface area contributed by atoms with Gasteiger partial charge in [0.25, 0.3) is 0 Å². The van der Waals surface area contributed by atoms with Crippen molar-refractivity contribution in [3.63, 3.8) is 0 Å². The second kappa shape index (κ2) is 5.80. The SMILES string of the molecule is CCC1CC1NC(c1ccccc1)c1ccccc1C. The maximum absolute atomic E-state index is 3.87. The minimum atomic E-state index is 0.318. The molecule has 1 N–H and O–H groups in total. The fourth-order valence-corrected chi connectivity index (χ4v) is 3.04. The lowest BCUT2D eigenvalue weighted by Crippen LogP contribution is -2.26. The van der Waals surface area contributed by atoms with Gasteiger partial charge >= 0.3 is 0 Å². The van der Waals surface area contributed by atoms with E-state index in [9.17, 15) is 0 Å². The second-order valence-corrected chi connectivity index (χ2v) is 5.88. The molecule has 0 aliphatic heterocycles. The van der Waals surface area contributed by atoms with E-state index in [1.165, 1.54) is 29.5 Å². The largest absolute Gasteiger partial charge is 0.303 e. The van der Waals surface area contributed by atoms with Crippen LogP contribution in [0.3, 0.4) is 0 Å². The lowest BCUT2D eigenvalue weighted by atomic mass is 9.95. The molecule has 1 fully saturated rings. The minimum Gasteiger partial charge on any atom is -0.303 e. The van der Waals surface area contributed by atoms with Crippen LogP contribution < -0.4 is 5.32 Å². The molecule has 20 heavy (non-hydrogen) atoms. The molecule has 0 radical (unpaired) electrons. The Morgan fingerprint density at radius 1 is 1.05 bits per heavy atom. The molecule has 3 unspecified atom stereocenters. The van der Waals surface area contributed by atoms with Crippen LogP contribution in [0.4, 0.5) is 0 Å². The van der Waals surface area contributed by atoms with Gasteiger partial charge < -0.3 is 5.32 Å². The summed E-state index contributed by atoms with van der Waals surface area (Å²) in [7, 11) is 0. The van der Waals surface area contributed by atoms with E-state index in [0.717, 1.165) is 5.92 Å². The third-order valence-corrected chi connectivity index (χ3v) is 4.46. The highest BCUT2D eigenvalue weighted by molar-refractivity contribution is 5.37. The van der Waals surface area contributed by atoms with E-state index in [-0.39, 0.29) is 0 Å². The van der Waals surface area contributed by atoms with Crippen molar-refractivity contribution in [3.05, 3.63) is 71.3 Å². The van der Waals surface area contributed by atoms with E-state index in [4.69, 9.17) is 0 Å². The van der Waals surface area contributed by atoms with Gasteiger partial charge in [0.1, 0.15) is 0 Å². The van der Waals surface area contributed by atoms with E-state index in [1.807, 2.05) is 0 Å². The smallest absolute Gasteiger partial charge is 0.0581 e. The summed E-state index contributed by atoms with van der Waals surface area (Å²) in [5, 5.41) is 3.87. The van der Waals surface area contributed by atoms with E-state index in [2.05, 4.69) is 73.8 Å². The lowest BCUT2D eigenvalue weighted by molar-refractivity contribution is 0.561. The molecule has 0 heterocycles. The Morgan fingerprint density at radius 3 is 2.40 bits per heavy atom. The number of rotatable bonds is 5. The summed E-state index contributed by atoms with van der Waals surface area (Å²) in [4.78, 5) is 0. The van der Waals surface area contributed by atoms with E-state index in [1.54, 1.807) is 0 Å². The van der Waals surface area contributed by atoms with E-state index < -0.39 is 0 Å². The normalized spacial score (nSPS) is 22.5. The zero-order valence-corrected chi connectivity index (χ0v) is 12.3. The average Bonchev–Trinajstić information content (AvgIpc) is 3.25. The molecule has 0 bridgehead atoms. The van der Waals surface area contributed by atoms with Gasteiger partial charge in [-0.2, -0.15) is 0 Å². The number of hydrogen-bond acceptors (Lipinski definition) is 1. The summed E-state index contributed by atoms with van der Waals surface area (Å²) in [6.07, 6.45) is 2.61. The molecule has 0 aromatic heterocycles. The van der Waals surface area contributed by atoms with Crippen molar-refractivity contribution in [2.75, 3.05) is 0 Å². The van der Waals surface area contributed by atoms with E-state index in [0.29, 0.717) is 12.1 Å². The third-order valence-electron chi connectivity index (χ3n) is 4.46. The first-order chi connectivity index (χ1) is 9.79. The van der Waals surface area contributed by atoms with Crippen molar-refractivity contribution in [1.29, 1.82) is 0 Å². The topological polar surface area (TPSA) is 12.0 Å². The minimum absolute atomic E-state index is 0.318. The zero-order chi connectivity index (χ0) is 13.9. The molecule has 2 aromatic carbocycles. The highest BCUT2D eigenvalue weighted by atomic mass is 15.0. The predicted molar refractivity (Wildman–Crippen MR) is 84.8 cm³/mol. The number of nitrogens with one attached hydrogen (secondary N) is 1. The fraction of sp³-hybridized carbons (Fsp3) is 0.368. The van der Waals surface area contributed by atoms with Crippen LogP contribution in [0, 0.1) is 12.8 Å². The summed E-state index contributed by atoms with van der Waals surface area (Å²) in [6.45, 7) is 4.49. The van der Waals surface area contributed by atoms with Gasteiger partial charge in [-0.3, -0.25) is 0 Å². The maximum atomic E-state index is 3.87. The lowest BCUT2D eigenvalue weighted by Gasteiger charge is -2.22. The van der Waals surface area contributed by atoms with Crippen LogP contribution in [0.5, 0.6) is 0 Å². The monoisotopic (exact) mass is 265 g/mol. The molecule has 1 heteroatoms. The predicted octanol–water partition coefficient (Wildman–Crippen LogP) is 4.47. The molecule has 1 nitrogen and oxygen atoms in total. The van der Waals surface area contributed by atoms with Crippen molar-refractivity contribution in [2.24, 2.45) is 5.92 Å². The molecule has 0 amide bonds. The van der Waals surface area contributed by atoms with Gasteiger partial charge in [-0.05, 0) is 36.0 Å². The summed E-state index contributed by atoms with van der Waals surface area (Å²) in [6, 6.07) is 20.5. The first kappa shape index (κ1) is 13.4. The van der Waals surface area contributed by atoms with Crippen LogP contribution in [0.2, 0.25) is 0 Å². The Hall–Kier alpha value is -1.60. The van der Waals surface area contributed by atoms with Gasteiger partial charge in [0.05, 0.1) is 6.04 Å². The number of hydrogen-bond donors (Lipinski definition) is 1.